The molecule has 1 rings (SSSR count). The van der Waals surface area contributed by atoms with E-state index in [1.165, 1.54) is 0 Å². The Hall–Kier alpha value is -1.81. The van der Waals surface area contributed by atoms with Gasteiger partial charge in [0.2, 0.25) is 0 Å². The summed E-state index contributed by atoms with van der Waals surface area (Å²) in [5.41, 5.74) is 1.72. The highest BCUT2D eigenvalue weighted by atomic mass is 16.5. The fourth-order valence-electron chi connectivity index (χ4n) is 1.35. The highest BCUT2D eigenvalue weighted by Gasteiger charge is 2.05. The predicted octanol–water partition coefficient (Wildman–Crippen LogP) is 1.17. The second kappa shape index (κ2) is 6.70. The van der Waals surface area contributed by atoms with Crippen LogP contribution in [0.15, 0.2) is 30.9 Å². The van der Waals surface area contributed by atoms with Crippen molar-refractivity contribution in [1.82, 2.24) is 5.32 Å². The Balaban J connectivity index is 2.56. The van der Waals surface area contributed by atoms with Crippen molar-refractivity contribution in [1.29, 1.82) is 0 Å². The van der Waals surface area contributed by atoms with Gasteiger partial charge in [-0.05, 0) is 13.0 Å². The van der Waals surface area contributed by atoms with Gasteiger partial charge < -0.3 is 15.2 Å². The number of rotatable bonds is 6. The lowest BCUT2D eigenvalue weighted by Gasteiger charge is -2.10. The molecule has 0 radical (unpaired) electrons. The van der Waals surface area contributed by atoms with Crippen LogP contribution in [0, 0.1) is 6.92 Å². The molecule has 1 aromatic rings. The van der Waals surface area contributed by atoms with Gasteiger partial charge in [-0.1, -0.05) is 23.8 Å². The predicted molar refractivity (Wildman–Crippen MR) is 65.8 cm³/mol. The number of carbonyl (C=O) groups is 1. The Morgan fingerprint density at radius 2 is 2.35 bits per heavy atom. The number of ether oxygens (including phenoxy) is 1. The van der Waals surface area contributed by atoms with E-state index in [9.17, 15) is 4.79 Å². The molecule has 0 spiro atoms. The molecule has 0 heterocycles. The molecule has 2 N–H and O–H groups in total. The summed E-state index contributed by atoms with van der Waals surface area (Å²) in [5, 5.41) is 11.8. The number of hydrogen-bond acceptors (Lipinski definition) is 3. The first-order valence-corrected chi connectivity index (χ1v) is 5.38. The van der Waals surface area contributed by atoms with Crippen molar-refractivity contribution in [2.24, 2.45) is 0 Å². The van der Waals surface area contributed by atoms with Gasteiger partial charge in [-0.25, -0.2) is 0 Å². The number of benzene rings is 1. The minimum atomic E-state index is -0.214. The summed E-state index contributed by atoms with van der Waals surface area (Å²) >= 11 is 0. The van der Waals surface area contributed by atoms with Gasteiger partial charge in [-0.2, -0.15) is 0 Å². The summed E-state index contributed by atoms with van der Waals surface area (Å²) in [6.07, 6.45) is 1.60. The van der Waals surface area contributed by atoms with Gasteiger partial charge in [0, 0.05) is 12.1 Å². The maximum Gasteiger partial charge on any atom is 0.258 e. The molecule has 92 valence electrons. The first kappa shape index (κ1) is 13.3. The Kier molecular flexibility index (Phi) is 5.23. The lowest BCUT2D eigenvalue weighted by atomic mass is 10.1. The first-order valence-electron chi connectivity index (χ1n) is 5.38. The van der Waals surface area contributed by atoms with E-state index in [-0.39, 0.29) is 19.1 Å². The number of aliphatic hydroxyl groups excluding tert-OH is 1. The Morgan fingerprint density at radius 3 is 3.00 bits per heavy atom. The summed E-state index contributed by atoms with van der Waals surface area (Å²) in [6, 6.07) is 5.45. The van der Waals surface area contributed by atoms with Crippen molar-refractivity contribution in [3.8, 4) is 5.75 Å². The Morgan fingerprint density at radius 1 is 1.59 bits per heavy atom. The number of aryl methyl sites for hydroxylation is 1. The van der Waals surface area contributed by atoms with E-state index in [2.05, 4.69) is 11.9 Å². The van der Waals surface area contributed by atoms with Crippen LogP contribution in [-0.2, 0) is 11.4 Å². The molecule has 0 unspecified atom stereocenters. The minimum absolute atomic E-state index is 0.0656. The highest BCUT2D eigenvalue weighted by molar-refractivity contribution is 5.77. The number of hydrogen-bond donors (Lipinski definition) is 2. The molecule has 4 nitrogen and oxygen atoms in total. The number of aliphatic hydroxyl groups is 1. The average molecular weight is 235 g/mol. The van der Waals surface area contributed by atoms with Crippen LogP contribution in [0.2, 0.25) is 0 Å². The van der Waals surface area contributed by atoms with E-state index in [0.29, 0.717) is 17.9 Å². The summed E-state index contributed by atoms with van der Waals surface area (Å²) < 4.78 is 5.34. The molecule has 0 bridgehead atoms. The monoisotopic (exact) mass is 235 g/mol. The molecule has 0 fully saturated rings. The summed E-state index contributed by atoms with van der Waals surface area (Å²) in [5.74, 6) is 0.321. The SMILES string of the molecule is C=CCNC(=O)COc1ccc(C)cc1CO. The molecule has 0 saturated carbocycles. The van der Waals surface area contributed by atoms with Crippen molar-refractivity contribution >= 4 is 5.91 Å². The Bertz CT molecular complexity index is 402. The summed E-state index contributed by atoms with van der Waals surface area (Å²) in [6.45, 7) is 5.68. The summed E-state index contributed by atoms with van der Waals surface area (Å²) in [4.78, 5) is 11.3. The van der Waals surface area contributed by atoms with Crippen molar-refractivity contribution in [3.63, 3.8) is 0 Å². The zero-order chi connectivity index (χ0) is 12.7. The lowest BCUT2D eigenvalue weighted by molar-refractivity contribution is -0.122. The van der Waals surface area contributed by atoms with E-state index in [0.717, 1.165) is 5.56 Å². The number of nitrogens with one attached hydrogen (secondary N) is 1. The van der Waals surface area contributed by atoms with Crippen molar-refractivity contribution < 1.29 is 14.6 Å². The van der Waals surface area contributed by atoms with Gasteiger partial charge in [0.25, 0.3) is 5.91 Å². The lowest BCUT2D eigenvalue weighted by Crippen LogP contribution is -2.28. The average Bonchev–Trinajstić information content (AvgIpc) is 2.34. The molecule has 0 aliphatic rings. The van der Waals surface area contributed by atoms with Crippen LogP contribution < -0.4 is 10.1 Å². The standard InChI is InChI=1S/C13H17NO3/c1-3-6-14-13(16)9-17-12-5-4-10(2)7-11(12)8-15/h3-5,7,15H,1,6,8-9H2,2H3,(H,14,16). The molecule has 0 aliphatic carbocycles. The van der Waals surface area contributed by atoms with Crippen LogP contribution in [0.3, 0.4) is 0 Å². The zero-order valence-corrected chi connectivity index (χ0v) is 9.90. The van der Waals surface area contributed by atoms with Crippen LogP contribution in [0.5, 0.6) is 5.75 Å². The van der Waals surface area contributed by atoms with E-state index < -0.39 is 0 Å². The minimum Gasteiger partial charge on any atom is -0.483 e. The third kappa shape index (κ3) is 4.28. The quantitative estimate of drug-likeness (QED) is 0.728. The van der Waals surface area contributed by atoms with Crippen LogP contribution in [0.25, 0.3) is 0 Å². The summed E-state index contributed by atoms with van der Waals surface area (Å²) in [7, 11) is 0. The number of carbonyl (C=O) groups excluding carboxylic acids is 1. The van der Waals surface area contributed by atoms with Crippen molar-refractivity contribution in [2.75, 3.05) is 13.2 Å². The molecule has 1 amide bonds. The third-order valence-corrected chi connectivity index (χ3v) is 2.19. The molecule has 0 aromatic heterocycles. The maximum atomic E-state index is 11.3. The normalized spacial score (nSPS) is 9.76. The second-order valence-electron chi connectivity index (χ2n) is 3.65. The molecular weight excluding hydrogens is 218 g/mol. The molecular formula is C13H17NO3. The van der Waals surface area contributed by atoms with Gasteiger partial charge in [-0.3, -0.25) is 4.79 Å². The molecule has 1 aromatic carbocycles. The van der Waals surface area contributed by atoms with E-state index in [1.807, 2.05) is 19.1 Å². The Labute approximate surface area is 101 Å². The van der Waals surface area contributed by atoms with Crippen molar-refractivity contribution in [3.05, 3.63) is 42.0 Å². The number of amides is 1. The van der Waals surface area contributed by atoms with Crippen LogP contribution in [0.4, 0.5) is 0 Å². The molecule has 0 saturated heterocycles. The van der Waals surface area contributed by atoms with Crippen LogP contribution in [-0.4, -0.2) is 24.2 Å². The van der Waals surface area contributed by atoms with E-state index in [1.54, 1.807) is 12.1 Å². The molecule has 4 heteroatoms. The zero-order valence-electron chi connectivity index (χ0n) is 9.90. The second-order valence-corrected chi connectivity index (χ2v) is 3.65. The van der Waals surface area contributed by atoms with Crippen molar-refractivity contribution in [2.45, 2.75) is 13.5 Å². The molecule has 0 aliphatic heterocycles. The molecule has 0 atom stereocenters. The fourth-order valence-corrected chi connectivity index (χ4v) is 1.35. The van der Waals surface area contributed by atoms with Gasteiger partial charge >= 0.3 is 0 Å². The molecule has 17 heavy (non-hydrogen) atoms. The largest absolute Gasteiger partial charge is 0.483 e. The van der Waals surface area contributed by atoms with Crippen LogP contribution in [0.1, 0.15) is 11.1 Å². The topological polar surface area (TPSA) is 58.6 Å². The smallest absolute Gasteiger partial charge is 0.258 e. The first-order chi connectivity index (χ1) is 8.17. The van der Waals surface area contributed by atoms with E-state index in [4.69, 9.17) is 9.84 Å². The van der Waals surface area contributed by atoms with Gasteiger partial charge in [-0.15, -0.1) is 6.58 Å². The fraction of sp³-hybridized carbons (Fsp3) is 0.308. The van der Waals surface area contributed by atoms with Gasteiger partial charge in [0.05, 0.1) is 6.61 Å². The highest BCUT2D eigenvalue weighted by Crippen LogP contribution is 2.19. The van der Waals surface area contributed by atoms with E-state index >= 15 is 0 Å². The maximum absolute atomic E-state index is 11.3. The third-order valence-electron chi connectivity index (χ3n) is 2.19. The van der Waals surface area contributed by atoms with Crippen LogP contribution >= 0.6 is 0 Å². The van der Waals surface area contributed by atoms with Gasteiger partial charge in [0.1, 0.15) is 5.75 Å². The van der Waals surface area contributed by atoms with Gasteiger partial charge in [0.15, 0.2) is 6.61 Å².